The minimum atomic E-state index is -0.287. The van der Waals surface area contributed by atoms with Gasteiger partial charge in [0.1, 0.15) is 0 Å². The fourth-order valence-corrected chi connectivity index (χ4v) is 0.936. The van der Waals surface area contributed by atoms with Crippen LogP contribution < -0.4 is 0 Å². The summed E-state index contributed by atoms with van der Waals surface area (Å²) in [4.78, 5) is 10.7. The second-order valence-corrected chi connectivity index (χ2v) is 2.79. The molecule has 58 valence electrons. The molecule has 1 heterocycles. The van der Waals surface area contributed by atoms with E-state index in [-0.39, 0.29) is 18.2 Å². The summed E-state index contributed by atoms with van der Waals surface area (Å²) in [6.45, 7) is 4.04. The summed E-state index contributed by atoms with van der Waals surface area (Å²) in [5, 5.41) is 0. The molecule has 1 rings (SSSR count). The lowest BCUT2D eigenvalue weighted by Gasteiger charge is -1.95. The topological polar surface area (TPSA) is 38.8 Å². The van der Waals surface area contributed by atoms with Crippen LogP contribution in [0.2, 0.25) is 0 Å². The van der Waals surface area contributed by atoms with Gasteiger partial charge in [0.15, 0.2) is 6.10 Å². The summed E-state index contributed by atoms with van der Waals surface area (Å²) in [5.74, 6) is 0.155. The molecule has 0 radical (unpaired) electrons. The van der Waals surface area contributed by atoms with E-state index in [4.69, 9.17) is 4.74 Å². The van der Waals surface area contributed by atoms with Crippen LogP contribution in [-0.4, -0.2) is 25.3 Å². The van der Waals surface area contributed by atoms with Crippen molar-refractivity contribution >= 4 is 5.97 Å². The van der Waals surface area contributed by atoms with Gasteiger partial charge in [-0.2, -0.15) is 0 Å². The molecule has 0 saturated carbocycles. The molecule has 0 spiro atoms. The molecule has 0 aromatic rings. The van der Waals surface area contributed by atoms with E-state index in [9.17, 15) is 4.79 Å². The highest BCUT2D eigenvalue weighted by Crippen LogP contribution is 2.29. The van der Waals surface area contributed by atoms with Crippen LogP contribution in [0.1, 0.15) is 13.8 Å². The smallest absolute Gasteiger partial charge is 0.337 e. The first kappa shape index (κ1) is 7.54. The zero-order chi connectivity index (χ0) is 7.72. The van der Waals surface area contributed by atoms with Crippen molar-refractivity contribution in [2.24, 2.45) is 5.92 Å². The third kappa shape index (κ3) is 1.29. The maximum absolute atomic E-state index is 10.7. The Morgan fingerprint density at radius 1 is 1.60 bits per heavy atom. The molecule has 10 heavy (non-hydrogen) atoms. The van der Waals surface area contributed by atoms with E-state index in [1.807, 2.05) is 13.8 Å². The highest BCUT2D eigenvalue weighted by molar-refractivity contribution is 5.77. The fraction of sp³-hybridized carbons (Fsp3) is 0.857. The van der Waals surface area contributed by atoms with Gasteiger partial charge in [-0.25, -0.2) is 4.79 Å². The highest BCUT2D eigenvalue weighted by atomic mass is 16.6. The van der Waals surface area contributed by atoms with Gasteiger partial charge in [0.05, 0.1) is 13.2 Å². The summed E-state index contributed by atoms with van der Waals surface area (Å²) in [7, 11) is 1.38. The average Bonchev–Trinajstić information content (AvgIpc) is 2.64. The normalized spacial score (nSPS) is 30.4. The van der Waals surface area contributed by atoms with Gasteiger partial charge in [-0.15, -0.1) is 0 Å². The molecule has 1 fully saturated rings. The molecule has 2 unspecified atom stereocenters. The Morgan fingerprint density at radius 3 is 2.50 bits per heavy atom. The first-order valence-electron chi connectivity index (χ1n) is 3.40. The van der Waals surface area contributed by atoms with Crippen molar-refractivity contribution < 1.29 is 14.3 Å². The van der Waals surface area contributed by atoms with Gasteiger partial charge >= 0.3 is 5.97 Å². The van der Waals surface area contributed by atoms with E-state index < -0.39 is 0 Å². The zero-order valence-corrected chi connectivity index (χ0v) is 6.46. The van der Waals surface area contributed by atoms with Gasteiger partial charge < -0.3 is 9.47 Å². The third-order valence-electron chi connectivity index (χ3n) is 1.62. The largest absolute Gasteiger partial charge is 0.467 e. The van der Waals surface area contributed by atoms with E-state index in [2.05, 4.69) is 4.74 Å². The van der Waals surface area contributed by atoms with Crippen LogP contribution >= 0.6 is 0 Å². The highest BCUT2D eigenvalue weighted by Gasteiger charge is 2.47. The van der Waals surface area contributed by atoms with Gasteiger partial charge in [0.2, 0.25) is 0 Å². The molecule has 0 aromatic heterocycles. The third-order valence-corrected chi connectivity index (χ3v) is 1.62. The van der Waals surface area contributed by atoms with Crippen molar-refractivity contribution in [3.05, 3.63) is 0 Å². The second kappa shape index (κ2) is 2.58. The molecule has 2 atom stereocenters. The Labute approximate surface area is 60.3 Å². The van der Waals surface area contributed by atoms with E-state index in [1.54, 1.807) is 0 Å². The van der Waals surface area contributed by atoms with Crippen molar-refractivity contribution in [2.45, 2.75) is 26.1 Å². The Morgan fingerprint density at radius 2 is 2.20 bits per heavy atom. The van der Waals surface area contributed by atoms with Crippen LogP contribution in [0.5, 0.6) is 0 Å². The van der Waals surface area contributed by atoms with Crippen molar-refractivity contribution in [2.75, 3.05) is 7.11 Å². The standard InChI is InChI=1S/C7H12O3/c1-4(2)5-6(10-5)7(8)9-3/h4-6H,1-3H3. The van der Waals surface area contributed by atoms with Crippen LogP contribution in [0, 0.1) is 5.92 Å². The molecule has 3 nitrogen and oxygen atoms in total. The second-order valence-electron chi connectivity index (χ2n) is 2.79. The van der Waals surface area contributed by atoms with Crippen molar-refractivity contribution in [1.82, 2.24) is 0 Å². The average molecular weight is 144 g/mol. The van der Waals surface area contributed by atoms with Crippen molar-refractivity contribution in [3.63, 3.8) is 0 Å². The number of carbonyl (C=O) groups excluding carboxylic acids is 1. The lowest BCUT2D eigenvalue weighted by molar-refractivity contribution is -0.142. The number of epoxide rings is 1. The molecule has 1 aliphatic rings. The van der Waals surface area contributed by atoms with Gasteiger partial charge in [0.25, 0.3) is 0 Å². The van der Waals surface area contributed by atoms with Gasteiger partial charge in [-0.1, -0.05) is 13.8 Å². The monoisotopic (exact) mass is 144 g/mol. The van der Waals surface area contributed by atoms with Crippen LogP contribution in [0.3, 0.4) is 0 Å². The predicted octanol–water partition coefficient (Wildman–Crippen LogP) is 0.583. The predicted molar refractivity (Wildman–Crippen MR) is 35.5 cm³/mol. The van der Waals surface area contributed by atoms with Gasteiger partial charge in [-0.05, 0) is 5.92 Å². The Hall–Kier alpha value is -0.570. The summed E-state index contributed by atoms with van der Waals surface area (Å²) in [5.41, 5.74) is 0. The summed E-state index contributed by atoms with van der Waals surface area (Å²) >= 11 is 0. The lowest BCUT2D eigenvalue weighted by Crippen LogP contribution is -2.14. The SMILES string of the molecule is COC(=O)C1OC1C(C)C. The summed E-state index contributed by atoms with van der Waals surface area (Å²) in [6, 6.07) is 0. The lowest BCUT2D eigenvalue weighted by atomic mass is 10.1. The number of hydrogen-bond donors (Lipinski definition) is 0. The molecular formula is C7H12O3. The molecule has 0 bridgehead atoms. The molecule has 1 aliphatic heterocycles. The Bertz CT molecular complexity index is 142. The molecule has 0 amide bonds. The van der Waals surface area contributed by atoms with Gasteiger partial charge in [-0.3, -0.25) is 0 Å². The number of methoxy groups -OCH3 is 1. The number of ether oxygens (including phenoxy) is 2. The fourth-order valence-electron chi connectivity index (χ4n) is 0.936. The first-order chi connectivity index (χ1) is 4.66. The quantitative estimate of drug-likeness (QED) is 0.420. The minimum absolute atomic E-state index is 0.0902. The zero-order valence-electron chi connectivity index (χ0n) is 6.46. The van der Waals surface area contributed by atoms with E-state index in [0.29, 0.717) is 5.92 Å². The molecule has 1 saturated heterocycles. The number of carbonyl (C=O) groups is 1. The number of hydrogen-bond acceptors (Lipinski definition) is 3. The number of rotatable bonds is 2. The van der Waals surface area contributed by atoms with Crippen LogP contribution in [0.4, 0.5) is 0 Å². The van der Waals surface area contributed by atoms with Crippen molar-refractivity contribution in [3.8, 4) is 0 Å². The molecule has 0 aliphatic carbocycles. The molecular weight excluding hydrogens is 132 g/mol. The summed E-state index contributed by atoms with van der Waals surface area (Å²) in [6.07, 6.45) is -0.197. The molecule has 3 heteroatoms. The maximum Gasteiger partial charge on any atom is 0.337 e. The minimum Gasteiger partial charge on any atom is -0.467 e. The van der Waals surface area contributed by atoms with E-state index in [0.717, 1.165) is 0 Å². The molecule has 0 N–H and O–H groups in total. The van der Waals surface area contributed by atoms with Gasteiger partial charge in [0, 0.05) is 0 Å². The maximum atomic E-state index is 10.7. The molecule has 0 aromatic carbocycles. The first-order valence-corrected chi connectivity index (χ1v) is 3.40. The Balaban J connectivity index is 2.31. The Kier molecular flexibility index (Phi) is 1.94. The van der Waals surface area contributed by atoms with Crippen LogP contribution in [0.25, 0.3) is 0 Å². The number of esters is 1. The van der Waals surface area contributed by atoms with E-state index in [1.165, 1.54) is 7.11 Å². The summed E-state index contributed by atoms with van der Waals surface area (Å²) < 4.78 is 9.55. The van der Waals surface area contributed by atoms with E-state index >= 15 is 0 Å². The van der Waals surface area contributed by atoms with Crippen molar-refractivity contribution in [1.29, 1.82) is 0 Å². The van der Waals surface area contributed by atoms with Crippen LogP contribution in [-0.2, 0) is 14.3 Å². The van der Waals surface area contributed by atoms with Crippen LogP contribution in [0.15, 0.2) is 0 Å².